The van der Waals surface area contributed by atoms with E-state index in [2.05, 4.69) is 50.9 Å². The molecule has 1 saturated carbocycles. The van der Waals surface area contributed by atoms with Gasteiger partial charge in [0.2, 0.25) is 0 Å². The highest BCUT2D eigenvalue weighted by atomic mass is 16.7. The van der Waals surface area contributed by atoms with E-state index in [1.54, 1.807) is 0 Å². The summed E-state index contributed by atoms with van der Waals surface area (Å²) < 4.78 is 12.3. The minimum absolute atomic E-state index is 0.309. The van der Waals surface area contributed by atoms with Crippen molar-refractivity contribution in [2.45, 2.75) is 64.6 Å². The molecule has 2 fully saturated rings. The Morgan fingerprint density at radius 2 is 1.87 bits per heavy atom. The van der Waals surface area contributed by atoms with Crippen LogP contribution in [0.4, 0.5) is 0 Å². The molecule has 0 unspecified atom stereocenters. The van der Waals surface area contributed by atoms with E-state index >= 15 is 0 Å². The Morgan fingerprint density at radius 3 is 2.52 bits per heavy atom. The molecule has 1 aromatic carbocycles. The second-order valence-corrected chi connectivity index (χ2v) is 8.03. The van der Waals surface area contributed by atoms with Crippen molar-refractivity contribution in [2.24, 2.45) is 5.92 Å². The van der Waals surface area contributed by atoms with Gasteiger partial charge >= 0.3 is 7.12 Å². The smallest absolute Gasteiger partial charge is 0.399 e. The molecule has 0 spiro atoms. The highest BCUT2D eigenvalue weighted by Crippen LogP contribution is 2.36. The molecular formula is C18H25BN2O2. The maximum atomic E-state index is 6.14. The van der Waals surface area contributed by atoms with Gasteiger partial charge in [0, 0.05) is 6.42 Å². The number of nitrogens with one attached hydrogen (secondary N) is 1. The number of imidazole rings is 1. The van der Waals surface area contributed by atoms with Crippen LogP contribution in [0.15, 0.2) is 18.2 Å². The van der Waals surface area contributed by atoms with Crippen molar-refractivity contribution < 1.29 is 9.31 Å². The molecule has 0 atom stereocenters. The predicted molar refractivity (Wildman–Crippen MR) is 92.9 cm³/mol. The molecule has 5 heteroatoms. The summed E-state index contributed by atoms with van der Waals surface area (Å²) in [5.41, 5.74) is 2.53. The summed E-state index contributed by atoms with van der Waals surface area (Å²) in [6, 6.07) is 6.24. The van der Waals surface area contributed by atoms with Crippen LogP contribution < -0.4 is 5.46 Å². The van der Waals surface area contributed by atoms with Crippen LogP contribution in [0.3, 0.4) is 0 Å². The first kappa shape index (κ1) is 15.2. The van der Waals surface area contributed by atoms with E-state index < -0.39 is 0 Å². The average molecular weight is 312 g/mol. The summed E-state index contributed by atoms with van der Waals surface area (Å²) in [4.78, 5) is 8.16. The van der Waals surface area contributed by atoms with E-state index in [0.29, 0.717) is 0 Å². The highest BCUT2D eigenvalue weighted by molar-refractivity contribution is 6.62. The van der Waals surface area contributed by atoms with E-state index in [0.717, 1.165) is 34.7 Å². The number of fused-ring (bicyclic) bond motifs is 1. The molecular weight excluding hydrogens is 287 g/mol. The third-order valence-electron chi connectivity index (χ3n) is 5.57. The maximum absolute atomic E-state index is 6.14. The van der Waals surface area contributed by atoms with Crippen LogP contribution in [0.2, 0.25) is 0 Å². The molecule has 2 aliphatic rings. The normalized spacial score (nSPS) is 22.9. The lowest BCUT2D eigenvalue weighted by Gasteiger charge is -2.32. The third-order valence-corrected chi connectivity index (χ3v) is 5.57. The van der Waals surface area contributed by atoms with Crippen LogP contribution >= 0.6 is 0 Å². The first-order chi connectivity index (χ1) is 10.8. The average Bonchev–Trinajstić information content (AvgIpc) is 3.16. The lowest BCUT2D eigenvalue weighted by molar-refractivity contribution is 0.00578. The van der Waals surface area contributed by atoms with Gasteiger partial charge in [0.05, 0.1) is 22.2 Å². The predicted octanol–water partition coefficient (Wildman–Crippen LogP) is 3.20. The molecule has 1 saturated heterocycles. The lowest BCUT2D eigenvalue weighted by Crippen LogP contribution is -2.41. The molecule has 2 aromatic rings. The molecule has 4 nitrogen and oxygen atoms in total. The summed E-state index contributed by atoms with van der Waals surface area (Å²) in [5.74, 6) is 2.03. The van der Waals surface area contributed by atoms with Gasteiger partial charge in [0.1, 0.15) is 5.82 Å². The van der Waals surface area contributed by atoms with E-state index in [1.165, 1.54) is 19.3 Å². The van der Waals surface area contributed by atoms with Gasteiger partial charge in [0.25, 0.3) is 0 Å². The van der Waals surface area contributed by atoms with Gasteiger partial charge in [-0.25, -0.2) is 4.98 Å². The zero-order chi connectivity index (χ0) is 16.2. The van der Waals surface area contributed by atoms with Crippen LogP contribution in [0.25, 0.3) is 11.0 Å². The minimum atomic E-state index is -0.317. The summed E-state index contributed by atoms with van der Waals surface area (Å²) in [6.07, 6.45) is 5.09. The number of aryl methyl sites for hydroxylation is 1. The molecule has 23 heavy (non-hydrogen) atoms. The molecule has 122 valence electrons. The number of aromatic nitrogens is 2. The van der Waals surface area contributed by atoms with E-state index in [4.69, 9.17) is 14.3 Å². The fraction of sp³-hybridized carbons (Fsp3) is 0.611. The van der Waals surface area contributed by atoms with Gasteiger partial charge in [-0.3, -0.25) is 0 Å². The zero-order valence-corrected chi connectivity index (χ0v) is 14.5. The number of rotatable bonds is 4. The molecule has 2 heterocycles. The van der Waals surface area contributed by atoms with Crippen molar-refractivity contribution in [2.75, 3.05) is 0 Å². The minimum Gasteiger partial charge on any atom is -0.399 e. The molecule has 0 bridgehead atoms. The van der Waals surface area contributed by atoms with Gasteiger partial charge < -0.3 is 14.3 Å². The second-order valence-electron chi connectivity index (χ2n) is 8.03. The highest BCUT2D eigenvalue weighted by Gasteiger charge is 2.51. The van der Waals surface area contributed by atoms with Gasteiger partial charge in [-0.2, -0.15) is 0 Å². The van der Waals surface area contributed by atoms with Crippen molar-refractivity contribution in [3.05, 3.63) is 24.0 Å². The number of hydrogen-bond donors (Lipinski definition) is 1. The quantitative estimate of drug-likeness (QED) is 0.882. The van der Waals surface area contributed by atoms with Crippen molar-refractivity contribution >= 4 is 23.6 Å². The lowest BCUT2D eigenvalue weighted by atomic mass is 9.79. The van der Waals surface area contributed by atoms with Gasteiger partial charge in [0.15, 0.2) is 0 Å². The topological polar surface area (TPSA) is 47.1 Å². The summed E-state index contributed by atoms with van der Waals surface area (Å²) in [5, 5.41) is 0. The monoisotopic (exact) mass is 312 g/mol. The van der Waals surface area contributed by atoms with Crippen LogP contribution in [0.1, 0.15) is 52.8 Å². The van der Waals surface area contributed by atoms with E-state index in [9.17, 15) is 0 Å². The first-order valence-corrected chi connectivity index (χ1v) is 8.68. The van der Waals surface area contributed by atoms with Crippen molar-refractivity contribution in [3.63, 3.8) is 0 Å². The Bertz CT molecular complexity index is 718. The fourth-order valence-corrected chi connectivity index (χ4v) is 3.07. The Kier molecular flexibility index (Phi) is 3.36. The van der Waals surface area contributed by atoms with Crippen molar-refractivity contribution in [3.8, 4) is 0 Å². The van der Waals surface area contributed by atoms with Crippen molar-refractivity contribution in [1.29, 1.82) is 0 Å². The Balaban J connectivity index is 1.56. The third kappa shape index (κ3) is 2.81. The summed E-state index contributed by atoms with van der Waals surface area (Å²) in [6.45, 7) is 8.32. The van der Waals surface area contributed by atoms with Crippen LogP contribution in [-0.4, -0.2) is 28.3 Å². The van der Waals surface area contributed by atoms with Gasteiger partial charge in [-0.1, -0.05) is 18.9 Å². The Hall–Kier alpha value is -1.33. The van der Waals surface area contributed by atoms with Crippen LogP contribution in [0, 0.1) is 5.92 Å². The Labute approximate surface area is 138 Å². The van der Waals surface area contributed by atoms with Crippen molar-refractivity contribution in [1.82, 2.24) is 9.97 Å². The molecule has 0 amide bonds. The largest absolute Gasteiger partial charge is 0.494 e. The first-order valence-electron chi connectivity index (χ1n) is 8.68. The molecule has 0 radical (unpaired) electrons. The number of benzene rings is 1. The van der Waals surface area contributed by atoms with E-state index in [1.807, 2.05) is 0 Å². The zero-order valence-electron chi connectivity index (χ0n) is 14.5. The summed E-state index contributed by atoms with van der Waals surface area (Å²) in [7, 11) is -0.317. The number of H-pyrrole nitrogens is 1. The second kappa shape index (κ2) is 5.08. The molecule has 1 N–H and O–H groups in total. The van der Waals surface area contributed by atoms with Gasteiger partial charge in [-0.05, 0) is 57.6 Å². The molecule has 1 aliphatic carbocycles. The molecule has 1 aliphatic heterocycles. The fourth-order valence-electron chi connectivity index (χ4n) is 3.07. The standard InChI is InChI=1S/C18H25BN2O2/c1-17(2)18(3,4)23-19(22-17)13-8-9-14-15(11-13)21-16(20-14)10-7-12-5-6-12/h8-9,11-12H,5-7,10H2,1-4H3,(H,20,21). The summed E-state index contributed by atoms with van der Waals surface area (Å²) >= 11 is 0. The van der Waals surface area contributed by atoms with E-state index in [-0.39, 0.29) is 18.3 Å². The SMILES string of the molecule is CC1(C)OB(c2ccc3nc(CCC4CC4)[nH]c3c2)OC1(C)C. The Morgan fingerprint density at radius 1 is 1.17 bits per heavy atom. The molecule has 1 aromatic heterocycles. The number of aromatic amines is 1. The number of nitrogens with zero attached hydrogens (tertiary/aromatic N) is 1. The van der Waals surface area contributed by atoms with Gasteiger partial charge in [-0.15, -0.1) is 0 Å². The van der Waals surface area contributed by atoms with Crippen LogP contribution in [-0.2, 0) is 15.7 Å². The maximum Gasteiger partial charge on any atom is 0.494 e. The molecule has 4 rings (SSSR count). The number of hydrogen-bond acceptors (Lipinski definition) is 3. The van der Waals surface area contributed by atoms with Crippen LogP contribution in [0.5, 0.6) is 0 Å².